The van der Waals surface area contributed by atoms with Crippen LogP contribution in [0.15, 0.2) is 40.9 Å². The fraction of sp³-hybridized carbons (Fsp3) is 0.400. The van der Waals surface area contributed by atoms with E-state index in [2.05, 4.69) is 4.98 Å². The van der Waals surface area contributed by atoms with Gasteiger partial charge in [0.1, 0.15) is 4.21 Å². The third kappa shape index (κ3) is 2.75. The van der Waals surface area contributed by atoms with Crippen LogP contribution in [0, 0.1) is 0 Å². The number of hydrogen-bond donors (Lipinski definition) is 0. The van der Waals surface area contributed by atoms with Crippen LogP contribution in [0.25, 0.3) is 0 Å². The van der Waals surface area contributed by atoms with Gasteiger partial charge in [0.25, 0.3) is 10.0 Å². The zero-order valence-corrected chi connectivity index (χ0v) is 13.5. The Balaban J connectivity index is 1.94. The van der Waals surface area contributed by atoms with Crippen molar-refractivity contribution in [1.82, 2.24) is 9.29 Å². The minimum absolute atomic E-state index is 0.0872. The molecule has 0 spiro atoms. The van der Waals surface area contributed by atoms with Crippen molar-refractivity contribution in [2.24, 2.45) is 0 Å². The van der Waals surface area contributed by atoms with E-state index in [0.29, 0.717) is 10.8 Å². The number of hydrogen-bond acceptors (Lipinski definition) is 4. The molecule has 1 aliphatic rings. The smallest absolute Gasteiger partial charge is 0.253 e. The molecule has 1 unspecified atom stereocenters. The molecular weight excluding hydrogens is 304 g/mol. The molecule has 4 nitrogen and oxygen atoms in total. The van der Waals surface area contributed by atoms with E-state index < -0.39 is 10.0 Å². The van der Waals surface area contributed by atoms with E-state index in [9.17, 15) is 8.42 Å². The number of pyridine rings is 1. The molecule has 1 atom stereocenters. The molecule has 112 valence electrons. The summed E-state index contributed by atoms with van der Waals surface area (Å²) in [5.41, 5.74) is 0.978. The van der Waals surface area contributed by atoms with Crippen molar-refractivity contribution in [2.75, 3.05) is 6.54 Å². The van der Waals surface area contributed by atoms with Crippen LogP contribution in [-0.4, -0.2) is 24.3 Å². The van der Waals surface area contributed by atoms with Crippen LogP contribution in [0.1, 0.15) is 36.2 Å². The van der Waals surface area contributed by atoms with Gasteiger partial charge >= 0.3 is 0 Å². The molecule has 6 heteroatoms. The third-order valence-electron chi connectivity index (χ3n) is 3.82. The van der Waals surface area contributed by atoms with Crippen molar-refractivity contribution < 1.29 is 8.42 Å². The topological polar surface area (TPSA) is 50.3 Å². The average Bonchev–Trinajstić information content (AvgIpc) is 3.17. The molecule has 0 bridgehead atoms. The van der Waals surface area contributed by atoms with Gasteiger partial charge in [0.2, 0.25) is 0 Å². The molecular formula is C15H18N2O2S2. The molecule has 0 N–H and O–H groups in total. The van der Waals surface area contributed by atoms with Crippen molar-refractivity contribution in [1.29, 1.82) is 0 Å². The minimum Gasteiger partial charge on any atom is -0.264 e. The molecule has 21 heavy (non-hydrogen) atoms. The molecule has 1 aliphatic heterocycles. The van der Waals surface area contributed by atoms with E-state index in [-0.39, 0.29) is 6.04 Å². The molecule has 2 aromatic rings. The zero-order chi connectivity index (χ0) is 14.9. The average molecular weight is 322 g/mol. The third-order valence-corrected chi connectivity index (χ3v) is 7.43. The molecule has 1 saturated heterocycles. The van der Waals surface area contributed by atoms with E-state index in [1.54, 1.807) is 22.8 Å². The predicted octanol–water partition coefficient (Wildman–Crippen LogP) is 3.23. The maximum absolute atomic E-state index is 12.9. The highest BCUT2D eigenvalue weighted by Crippen LogP contribution is 2.37. The Morgan fingerprint density at radius 2 is 2.24 bits per heavy atom. The molecule has 0 radical (unpaired) electrons. The fourth-order valence-electron chi connectivity index (χ4n) is 2.74. The monoisotopic (exact) mass is 322 g/mol. The van der Waals surface area contributed by atoms with E-state index in [0.717, 1.165) is 29.7 Å². The molecule has 1 fully saturated rings. The Morgan fingerprint density at radius 1 is 1.38 bits per heavy atom. The minimum atomic E-state index is -3.40. The first kappa shape index (κ1) is 14.7. The highest BCUT2D eigenvalue weighted by molar-refractivity contribution is 7.91. The maximum atomic E-state index is 12.9. The van der Waals surface area contributed by atoms with Crippen LogP contribution in [0.4, 0.5) is 0 Å². The van der Waals surface area contributed by atoms with Gasteiger partial charge in [-0.15, -0.1) is 11.3 Å². The normalized spacial score (nSPS) is 20.0. The highest BCUT2D eigenvalue weighted by Gasteiger charge is 2.36. The van der Waals surface area contributed by atoms with Gasteiger partial charge in [0.05, 0.1) is 6.04 Å². The number of aryl methyl sites for hydroxylation is 1. The van der Waals surface area contributed by atoms with Crippen molar-refractivity contribution in [2.45, 2.75) is 36.4 Å². The zero-order valence-electron chi connectivity index (χ0n) is 11.9. The van der Waals surface area contributed by atoms with E-state index in [4.69, 9.17) is 0 Å². The summed E-state index contributed by atoms with van der Waals surface area (Å²) in [4.78, 5) is 5.22. The molecule has 0 saturated carbocycles. The van der Waals surface area contributed by atoms with Crippen LogP contribution in [0.3, 0.4) is 0 Å². The lowest BCUT2D eigenvalue weighted by Crippen LogP contribution is -2.30. The summed E-state index contributed by atoms with van der Waals surface area (Å²) in [7, 11) is -3.40. The second-order valence-electron chi connectivity index (χ2n) is 5.13. The number of sulfonamides is 1. The number of nitrogens with zero attached hydrogens (tertiary/aromatic N) is 2. The fourth-order valence-corrected chi connectivity index (χ4v) is 5.84. The first-order valence-corrected chi connectivity index (χ1v) is 9.39. The van der Waals surface area contributed by atoms with Gasteiger partial charge in [-0.1, -0.05) is 13.0 Å². The summed E-state index contributed by atoms with van der Waals surface area (Å²) >= 11 is 1.38. The van der Waals surface area contributed by atoms with Crippen LogP contribution in [-0.2, 0) is 16.4 Å². The second kappa shape index (κ2) is 5.87. The summed E-state index contributed by atoms with van der Waals surface area (Å²) in [5.74, 6) is 0. The van der Waals surface area contributed by atoms with Crippen LogP contribution in [0.5, 0.6) is 0 Å². The van der Waals surface area contributed by atoms with Crippen LogP contribution < -0.4 is 0 Å². The Morgan fingerprint density at radius 3 is 2.90 bits per heavy atom. The lowest BCUT2D eigenvalue weighted by atomic mass is 10.1. The summed E-state index contributed by atoms with van der Waals surface area (Å²) in [6, 6.07) is 7.37. The Hall–Kier alpha value is -1.24. The molecule has 3 heterocycles. The lowest BCUT2D eigenvalue weighted by molar-refractivity contribution is 0.397. The van der Waals surface area contributed by atoms with Gasteiger partial charge < -0.3 is 0 Å². The molecule has 0 aromatic carbocycles. The van der Waals surface area contributed by atoms with Gasteiger partial charge in [0, 0.05) is 23.8 Å². The summed E-state index contributed by atoms with van der Waals surface area (Å²) in [5, 5.41) is 0. The first-order valence-electron chi connectivity index (χ1n) is 7.13. The van der Waals surface area contributed by atoms with Crippen molar-refractivity contribution >= 4 is 21.4 Å². The van der Waals surface area contributed by atoms with E-state index in [1.807, 2.05) is 25.1 Å². The van der Waals surface area contributed by atoms with Gasteiger partial charge in [-0.25, -0.2) is 8.42 Å². The van der Waals surface area contributed by atoms with Crippen LogP contribution in [0.2, 0.25) is 0 Å². The highest BCUT2D eigenvalue weighted by atomic mass is 32.2. The SMILES string of the molecule is CCc1ccc(S(=O)(=O)N2CCCC2c2cccnc2)s1. The summed E-state index contributed by atoms with van der Waals surface area (Å²) < 4.78 is 27.8. The maximum Gasteiger partial charge on any atom is 0.253 e. The van der Waals surface area contributed by atoms with Gasteiger partial charge in [0.15, 0.2) is 0 Å². The molecule has 3 rings (SSSR count). The van der Waals surface area contributed by atoms with Gasteiger partial charge in [-0.2, -0.15) is 4.31 Å². The Bertz CT molecular complexity index is 710. The lowest BCUT2D eigenvalue weighted by Gasteiger charge is -2.23. The largest absolute Gasteiger partial charge is 0.264 e. The van der Waals surface area contributed by atoms with Crippen molar-refractivity contribution in [3.8, 4) is 0 Å². The van der Waals surface area contributed by atoms with Crippen LogP contribution >= 0.6 is 11.3 Å². The van der Waals surface area contributed by atoms with Crippen molar-refractivity contribution in [3.63, 3.8) is 0 Å². The predicted molar refractivity (Wildman–Crippen MR) is 83.8 cm³/mol. The van der Waals surface area contributed by atoms with E-state index >= 15 is 0 Å². The Labute approximate surface area is 129 Å². The number of rotatable bonds is 4. The Kier molecular flexibility index (Phi) is 4.10. The number of aromatic nitrogens is 1. The summed E-state index contributed by atoms with van der Waals surface area (Å²) in [6.45, 7) is 2.62. The second-order valence-corrected chi connectivity index (χ2v) is 8.42. The molecule has 0 amide bonds. The molecule has 0 aliphatic carbocycles. The first-order chi connectivity index (χ1) is 10.1. The number of thiophene rings is 1. The van der Waals surface area contributed by atoms with E-state index in [1.165, 1.54) is 11.3 Å². The standard InChI is InChI=1S/C15H18N2O2S2/c1-2-13-7-8-15(20-13)21(18,19)17-10-4-6-14(17)12-5-3-9-16-11-12/h3,5,7-9,11,14H,2,4,6,10H2,1H3. The summed E-state index contributed by atoms with van der Waals surface area (Å²) in [6.07, 6.45) is 6.10. The van der Waals surface area contributed by atoms with Crippen molar-refractivity contribution in [3.05, 3.63) is 47.1 Å². The van der Waals surface area contributed by atoms with Gasteiger partial charge in [-0.05, 0) is 43.0 Å². The van der Waals surface area contributed by atoms with Gasteiger partial charge in [-0.3, -0.25) is 4.98 Å². The quantitative estimate of drug-likeness (QED) is 0.868. The molecule has 2 aromatic heterocycles.